The number of hydrogen-bond acceptors (Lipinski definition) is 1. The van der Waals surface area contributed by atoms with Crippen LogP contribution in [-0.2, 0) is 0 Å². The van der Waals surface area contributed by atoms with E-state index in [1.165, 1.54) is 23.8 Å². The van der Waals surface area contributed by atoms with Crippen molar-refractivity contribution in [1.29, 1.82) is 0 Å². The van der Waals surface area contributed by atoms with Crippen LogP contribution in [0.3, 0.4) is 0 Å². The van der Waals surface area contributed by atoms with Crippen LogP contribution in [0, 0.1) is 5.92 Å². The second kappa shape index (κ2) is 3.90. The molecular formula is C8H16IN. The number of piperidine rings is 1. The van der Waals surface area contributed by atoms with E-state index in [1.54, 1.807) is 0 Å². The van der Waals surface area contributed by atoms with Crippen LogP contribution in [0.5, 0.6) is 0 Å². The molecule has 2 atom stereocenters. The predicted octanol–water partition coefficient (Wildman–Crippen LogP) is 2.15. The van der Waals surface area contributed by atoms with Crippen molar-refractivity contribution in [2.24, 2.45) is 5.92 Å². The van der Waals surface area contributed by atoms with Crippen LogP contribution in [0.15, 0.2) is 0 Å². The van der Waals surface area contributed by atoms with Crippen molar-refractivity contribution < 1.29 is 0 Å². The zero-order valence-corrected chi connectivity index (χ0v) is 8.97. The Morgan fingerprint density at radius 1 is 1.60 bits per heavy atom. The molecule has 1 fully saturated rings. The van der Waals surface area contributed by atoms with E-state index in [0.29, 0.717) is 0 Å². The highest BCUT2D eigenvalue weighted by atomic mass is 127. The molecule has 1 heterocycles. The van der Waals surface area contributed by atoms with Crippen LogP contribution >= 0.6 is 22.6 Å². The number of nitrogens with zero attached hydrogens (tertiary/aromatic N) is 1. The summed E-state index contributed by atoms with van der Waals surface area (Å²) < 4.78 is 1.29. The minimum absolute atomic E-state index is 0.851. The third-order valence-corrected chi connectivity index (χ3v) is 3.47. The number of hydrogen-bond donors (Lipinski definition) is 0. The molecule has 0 aromatic heterocycles. The Hall–Kier alpha value is 0.690. The molecule has 2 unspecified atom stereocenters. The SMILES string of the molecule is CC1CCN(C)C(CI)C1. The fourth-order valence-corrected chi connectivity index (χ4v) is 2.58. The number of halogens is 1. The van der Waals surface area contributed by atoms with Crippen molar-refractivity contribution in [2.45, 2.75) is 25.8 Å². The first-order valence-electron chi connectivity index (χ1n) is 4.00. The molecule has 1 saturated heterocycles. The molecule has 0 saturated carbocycles. The van der Waals surface area contributed by atoms with Crippen LogP contribution in [0.25, 0.3) is 0 Å². The first kappa shape index (κ1) is 8.78. The maximum atomic E-state index is 2.49. The molecule has 0 spiro atoms. The molecule has 2 heteroatoms. The van der Waals surface area contributed by atoms with Gasteiger partial charge in [0.05, 0.1) is 0 Å². The molecule has 0 aromatic rings. The first-order chi connectivity index (χ1) is 4.74. The van der Waals surface area contributed by atoms with Crippen LogP contribution in [-0.4, -0.2) is 29.0 Å². The van der Waals surface area contributed by atoms with Gasteiger partial charge in [-0.1, -0.05) is 29.5 Å². The van der Waals surface area contributed by atoms with E-state index in [2.05, 4.69) is 41.5 Å². The Bertz CT molecular complexity index is 105. The lowest BCUT2D eigenvalue weighted by atomic mass is 9.94. The van der Waals surface area contributed by atoms with Crippen molar-refractivity contribution in [1.82, 2.24) is 4.90 Å². The average molecular weight is 253 g/mol. The Balaban J connectivity index is 2.38. The second-order valence-electron chi connectivity index (χ2n) is 3.42. The summed E-state index contributed by atoms with van der Waals surface area (Å²) in [7, 11) is 2.25. The third-order valence-electron chi connectivity index (χ3n) is 2.45. The molecule has 0 aromatic carbocycles. The van der Waals surface area contributed by atoms with E-state index in [0.717, 1.165) is 12.0 Å². The van der Waals surface area contributed by atoms with Gasteiger partial charge in [-0.2, -0.15) is 0 Å². The number of alkyl halides is 1. The molecule has 0 amide bonds. The zero-order chi connectivity index (χ0) is 7.56. The normalized spacial score (nSPS) is 36.3. The molecule has 1 rings (SSSR count). The van der Waals surface area contributed by atoms with Crippen molar-refractivity contribution in [3.63, 3.8) is 0 Å². The van der Waals surface area contributed by atoms with E-state index in [9.17, 15) is 0 Å². The molecule has 1 nitrogen and oxygen atoms in total. The van der Waals surface area contributed by atoms with E-state index >= 15 is 0 Å². The summed E-state index contributed by atoms with van der Waals surface area (Å²) in [5, 5.41) is 0. The van der Waals surface area contributed by atoms with E-state index in [-0.39, 0.29) is 0 Å². The van der Waals surface area contributed by atoms with Gasteiger partial charge in [0.2, 0.25) is 0 Å². The predicted molar refractivity (Wildman–Crippen MR) is 53.7 cm³/mol. The van der Waals surface area contributed by atoms with Crippen LogP contribution in [0.1, 0.15) is 19.8 Å². The van der Waals surface area contributed by atoms with E-state index in [1.807, 2.05) is 0 Å². The summed E-state index contributed by atoms with van der Waals surface area (Å²) in [6.07, 6.45) is 2.79. The molecule has 0 aliphatic carbocycles. The van der Waals surface area contributed by atoms with Gasteiger partial charge in [-0.25, -0.2) is 0 Å². The molecule has 1 aliphatic rings. The standard InChI is InChI=1S/C8H16IN/c1-7-3-4-10(2)8(5-7)6-9/h7-8H,3-6H2,1-2H3. The first-order valence-corrected chi connectivity index (χ1v) is 5.52. The largest absolute Gasteiger partial charge is 0.303 e. The van der Waals surface area contributed by atoms with E-state index < -0.39 is 0 Å². The van der Waals surface area contributed by atoms with Crippen molar-refractivity contribution >= 4 is 22.6 Å². The molecule has 0 N–H and O–H groups in total. The fraction of sp³-hybridized carbons (Fsp3) is 1.00. The number of rotatable bonds is 1. The quantitative estimate of drug-likeness (QED) is 0.511. The molecule has 0 bridgehead atoms. The Labute approximate surface area is 77.3 Å². The maximum absolute atomic E-state index is 2.49. The smallest absolute Gasteiger partial charge is 0.0184 e. The molecule has 60 valence electrons. The van der Waals surface area contributed by atoms with Gasteiger partial charge < -0.3 is 4.90 Å². The lowest BCUT2D eigenvalue weighted by molar-refractivity contribution is 0.167. The highest BCUT2D eigenvalue weighted by Crippen LogP contribution is 2.21. The van der Waals surface area contributed by atoms with Gasteiger partial charge in [0.25, 0.3) is 0 Å². The minimum atomic E-state index is 0.851. The van der Waals surface area contributed by atoms with Gasteiger partial charge in [0, 0.05) is 10.5 Å². The lowest BCUT2D eigenvalue weighted by Gasteiger charge is -2.34. The Morgan fingerprint density at radius 3 is 2.80 bits per heavy atom. The summed E-state index contributed by atoms with van der Waals surface area (Å²) >= 11 is 2.49. The van der Waals surface area contributed by atoms with E-state index in [4.69, 9.17) is 0 Å². The van der Waals surface area contributed by atoms with Crippen molar-refractivity contribution in [2.75, 3.05) is 18.0 Å². The number of likely N-dealkylation sites (tertiary alicyclic amines) is 1. The van der Waals surface area contributed by atoms with Crippen molar-refractivity contribution in [3.05, 3.63) is 0 Å². The van der Waals surface area contributed by atoms with Crippen LogP contribution in [0.4, 0.5) is 0 Å². The second-order valence-corrected chi connectivity index (χ2v) is 4.30. The van der Waals surface area contributed by atoms with Gasteiger partial charge in [-0.05, 0) is 32.4 Å². The van der Waals surface area contributed by atoms with Gasteiger partial charge in [0.1, 0.15) is 0 Å². The Morgan fingerprint density at radius 2 is 2.30 bits per heavy atom. The fourth-order valence-electron chi connectivity index (χ4n) is 1.55. The molecular weight excluding hydrogens is 237 g/mol. The van der Waals surface area contributed by atoms with Gasteiger partial charge in [-0.3, -0.25) is 0 Å². The molecule has 10 heavy (non-hydrogen) atoms. The maximum Gasteiger partial charge on any atom is 0.0184 e. The van der Waals surface area contributed by atoms with Gasteiger partial charge >= 0.3 is 0 Å². The van der Waals surface area contributed by atoms with Gasteiger partial charge in [0.15, 0.2) is 0 Å². The summed E-state index contributed by atoms with van der Waals surface area (Å²) in [6.45, 7) is 3.67. The Kier molecular flexibility index (Phi) is 3.43. The highest BCUT2D eigenvalue weighted by molar-refractivity contribution is 14.1. The highest BCUT2D eigenvalue weighted by Gasteiger charge is 2.21. The third kappa shape index (κ3) is 2.09. The summed E-state index contributed by atoms with van der Waals surface area (Å²) in [5.74, 6) is 0.955. The van der Waals surface area contributed by atoms with Crippen LogP contribution < -0.4 is 0 Å². The van der Waals surface area contributed by atoms with Gasteiger partial charge in [-0.15, -0.1) is 0 Å². The topological polar surface area (TPSA) is 3.24 Å². The monoisotopic (exact) mass is 253 g/mol. The minimum Gasteiger partial charge on any atom is -0.303 e. The summed E-state index contributed by atoms with van der Waals surface area (Å²) in [4.78, 5) is 2.49. The lowest BCUT2D eigenvalue weighted by Crippen LogP contribution is -2.40. The molecule has 0 radical (unpaired) electrons. The van der Waals surface area contributed by atoms with Crippen LogP contribution in [0.2, 0.25) is 0 Å². The summed E-state index contributed by atoms with van der Waals surface area (Å²) in [6, 6.07) is 0.851. The summed E-state index contributed by atoms with van der Waals surface area (Å²) in [5.41, 5.74) is 0. The van der Waals surface area contributed by atoms with Crippen molar-refractivity contribution in [3.8, 4) is 0 Å². The molecule has 1 aliphatic heterocycles. The zero-order valence-electron chi connectivity index (χ0n) is 6.81. The average Bonchev–Trinajstić information content (AvgIpc) is 1.94.